The smallest absolute Gasteiger partial charge is 0.191 e. The molecule has 1 saturated heterocycles. The quantitative estimate of drug-likeness (QED) is 0.575. The molecule has 1 aromatic rings. The first-order chi connectivity index (χ1) is 13.5. The topological polar surface area (TPSA) is 52.1 Å². The van der Waals surface area contributed by atoms with Crippen LogP contribution in [-0.4, -0.2) is 80.3 Å². The van der Waals surface area contributed by atoms with Gasteiger partial charge in [-0.1, -0.05) is 24.3 Å². The molecule has 0 saturated carbocycles. The average molecular weight is 388 g/mol. The van der Waals surface area contributed by atoms with Gasteiger partial charge in [0.25, 0.3) is 0 Å². The molecule has 2 heterocycles. The highest BCUT2D eigenvalue weighted by molar-refractivity contribution is 5.79. The molecule has 1 aromatic carbocycles. The Balaban J connectivity index is 1.45. The summed E-state index contributed by atoms with van der Waals surface area (Å²) in [5.41, 5.74) is 3.04. The van der Waals surface area contributed by atoms with Gasteiger partial charge in [0, 0.05) is 57.9 Å². The fraction of sp³-hybridized carbons (Fsp3) is 0.682. The molecule has 1 unspecified atom stereocenters. The molecular formula is C22H37N5O. The summed E-state index contributed by atoms with van der Waals surface area (Å²) in [5, 5.41) is 7.04. The summed E-state index contributed by atoms with van der Waals surface area (Å²) in [7, 11) is 1.85. The van der Waals surface area contributed by atoms with E-state index in [1.165, 1.54) is 11.1 Å². The Morgan fingerprint density at radius 3 is 2.57 bits per heavy atom. The third kappa shape index (κ3) is 5.46. The number of aliphatic imine (C=N–C) groups is 1. The number of hydrogen-bond acceptors (Lipinski definition) is 4. The van der Waals surface area contributed by atoms with Crippen LogP contribution in [0.3, 0.4) is 0 Å². The van der Waals surface area contributed by atoms with Gasteiger partial charge in [-0.15, -0.1) is 0 Å². The van der Waals surface area contributed by atoms with Gasteiger partial charge >= 0.3 is 0 Å². The van der Waals surface area contributed by atoms with Crippen molar-refractivity contribution in [3.63, 3.8) is 0 Å². The first-order valence-electron chi connectivity index (χ1n) is 10.6. The van der Waals surface area contributed by atoms with Crippen LogP contribution in [-0.2, 0) is 17.7 Å². The standard InChI is InChI=1S/C22H37N5O/c1-18(26-10-9-19-7-5-6-8-20(19)16-26)15-24-21(23-4)25-17-22(2,3)27-11-13-28-14-12-27/h5-8,18H,9-17H2,1-4H3,(H2,23,24,25). The van der Waals surface area contributed by atoms with E-state index in [1.807, 2.05) is 7.05 Å². The van der Waals surface area contributed by atoms with E-state index in [9.17, 15) is 0 Å². The molecule has 2 N–H and O–H groups in total. The summed E-state index contributed by atoms with van der Waals surface area (Å²) in [5.74, 6) is 0.880. The predicted molar refractivity (Wildman–Crippen MR) is 116 cm³/mol. The van der Waals surface area contributed by atoms with Crippen molar-refractivity contribution in [3.05, 3.63) is 35.4 Å². The largest absolute Gasteiger partial charge is 0.379 e. The summed E-state index contributed by atoms with van der Waals surface area (Å²) in [4.78, 5) is 9.47. The number of morpholine rings is 1. The molecule has 0 bridgehead atoms. The van der Waals surface area contributed by atoms with Crippen molar-refractivity contribution in [2.45, 2.75) is 45.3 Å². The molecule has 28 heavy (non-hydrogen) atoms. The maximum absolute atomic E-state index is 5.48. The molecule has 0 radical (unpaired) electrons. The summed E-state index contributed by atoms with van der Waals surface area (Å²) in [6, 6.07) is 9.27. The van der Waals surface area contributed by atoms with Crippen LogP contribution < -0.4 is 10.6 Å². The Labute approximate surface area is 170 Å². The van der Waals surface area contributed by atoms with Crippen LogP contribution in [0.4, 0.5) is 0 Å². The van der Waals surface area contributed by atoms with Crippen LogP contribution in [0.15, 0.2) is 29.3 Å². The minimum Gasteiger partial charge on any atom is -0.379 e. The number of benzene rings is 1. The molecule has 156 valence electrons. The number of hydrogen-bond donors (Lipinski definition) is 2. The summed E-state index contributed by atoms with van der Waals surface area (Å²) in [6.07, 6.45) is 1.14. The second-order valence-corrected chi connectivity index (χ2v) is 8.56. The molecule has 0 aromatic heterocycles. The number of ether oxygens (including phenoxy) is 1. The normalized spacial score (nSPS) is 20.5. The number of guanidine groups is 1. The van der Waals surface area contributed by atoms with Crippen molar-refractivity contribution in [3.8, 4) is 0 Å². The van der Waals surface area contributed by atoms with E-state index in [0.29, 0.717) is 6.04 Å². The Kier molecular flexibility index (Phi) is 7.32. The van der Waals surface area contributed by atoms with Crippen LogP contribution in [0.5, 0.6) is 0 Å². The fourth-order valence-corrected chi connectivity index (χ4v) is 4.07. The van der Waals surface area contributed by atoms with E-state index >= 15 is 0 Å². The molecule has 3 rings (SSSR count). The first-order valence-corrected chi connectivity index (χ1v) is 10.6. The van der Waals surface area contributed by atoms with E-state index in [-0.39, 0.29) is 5.54 Å². The van der Waals surface area contributed by atoms with E-state index in [1.54, 1.807) is 0 Å². The number of fused-ring (bicyclic) bond motifs is 1. The van der Waals surface area contributed by atoms with E-state index in [2.05, 4.69) is 70.5 Å². The van der Waals surface area contributed by atoms with E-state index < -0.39 is 0 Å². The number of nitrogens with zero attached hydrogens (tertiary/aromatic N) is 3. The summed E-state index contributed by atoms with van der Waals surface area (Å²) < 4.78 is 5.48. The maximum Gasteiger partial charge on any atom is 0.191 e. The zero-order valence-corrected chi connectivity index (χ0v) is 18.0. The molecule has 2 aliphatic heterocycles. The number of nitrogens with one attached hydrogen (secondary N) is 2. The Morgan fingerprint density at radius 1 is 1.14 bits per heavy atom. The van der Waals surface area contributed by atoms with Crippen LogP contribution in [0.25, 0.3) is 0 Å². The van der Waals surface area contributed by atoms with Crippen molar-refractivity contribution >= 4 is 5.96 Å². The van der Waals surface area contributed by atoms with Crippen molar-refractivity contribution in [1.29, 1.82) is 0 Å². The monoisotopic (exact) mass is 387 g/mol. The molecule has 1 atom stereocenters. The third-order valence-corrected chi connectivity index (χ3v) is 6.13. The highest BCUT2D eigenvalue weighted by Crippen LogP contribution is 2.20. The highest BCUT2D eigenvalue weighted by Gasteiger charge is 2.28. The van der Waals surface area contributed by atoms with Crippen molar-refractivity contribution in [2.75, 3.05) is 53.0 Å². The van der Waals surface area contributed by atoms with Crippen LogP contribution in [0, 0.1) is 0 Å². The van der Waals surface area contributed by atoms with Gasteiger partial charge in [0.1, 0.15) is 0 Å². The van der Waals surface area contributed by atoms with Crippen LogP contribution in [0.1, 0.15) is 31.9 Å². The highest BCUT2D eigenvalue weighted by atomic mass is 16.5. The van der Waals surface area contributed by atoms with E-state index in [4.69, 9.17) is 4.74 Å². The SMILES string of the molecule is CN=C(NCC(C)N1CCc2ccccc2C1)NCC(C)(C)N1CCOCC1. The average Bonchev–Trinajstić information content (AvgIpc) is 2.74. The summed E-state index contributed by atoms with van der Waals surface area (Å²) >= 11 is 0. The lowest BCUT2D eigenvalue weighted by atomic mass is 9.99. The van der Waals surface area contributed by atoms with Gasteiger partial charge < -0.3 is 15.4 Å². The van der Waals surface area contributed by atoms with Crippen LogP contribution in [0.2, 0.25) is 0 Å². The fourth-order valence-electron chi connectivity index (χ4n) is 4.07. The van der Waals surface area contributed by atoms with Crippen molar-refractivity contribution < 1.29 is 4.74 Å². The van der Waals surface area contributed by atoms with Gasteiger partial charge in [-0.2, -0.15) is 0 Å². The lowest BCUT2D eigenvalue weighted by Crippen LogP contribution is -2.57. The zero-order chi connectivity index (χ0) is 20.0. The molecule has 6 heteroatoms. The molecule has 6 nitrogen and oxygen atoms in total. The van der Waals surface area contributed by atoms with Crippen molar-refractivity contribution in [2.24, 2.45) is 4.99 Å². The van der Waals surface area contributed by atoms with E-state index in [0.717, 1.165) is 64.9 Å². The van der Waals surface area contributed by atoms with Gasteiger partial charge in [0.15, 0.2) is 5.96 Å². The van der Waals surface area contributed by atoms with Crippen LogP contribution >= 0.6 is 0 Å². The minimum absolute atomic E-state index is 0.0730. The second kappa shape index (κ2) is 9.72. The minimum atomic E-state index is 0.0730. The molecular weight excluding hydrogens is 350 g/mol. The summed E-state index contributed by atoms with van der Waals surface area (Å²) in [6.45, 7) is 14.4. The first kappa shape index (κ1) is 21.1. The second-order valence-electron chi connectivity index (χ2n) is 8.56. The van der Waals surface area contributed by atoms with Crippen molar-refractivity contribution in [1.82, 2.24) is 20.4 Å². The molecule has 0 aliphatic carbocycles. The van der Waals surface area contributed by atoms with Gasteiger partial charge in [-0.3, -0.25) is 14.8 Å². The third-order valence-electron chi connectivity index (χ3n) is 6.13. The van der Waals surface area contributed by atoms with Gasteiger partial charge in [0.2, 0.25) is 0 Å². The molecule has 1 fully saturated rings. The van der Waals surface area contributed by atoms with Gasteiger partial charge in [-0.05, 0) is 38.3 Å². The predicted octanol–water partition coefficient (Wildman–Crippen LogP) is 1.71. The Morgan fingerprint density at radius 2 is 1.86 bits per heavy atom. The maximum atomic E-state index is 5.48. The number of rotatable bonds is 6. The Hall–Kier alpha value is -1.63. The molecule has 0 amide bonds. The van der Waals surface area contributed by atoms with Gasteiger partial charge in [-0.25, -0.2) is 0 Å². The lowest BCUT2D eigenvalue weighted by Gasteiger charge is -2.41. The zero-order valence-electron chi connectivity index (χ0n) is 18.0. The molecule has 2 aliphatic rings. The Bertz CT molecular complexity index is 654. The molecule has 0 spiro atoms. The van der Waals surface area contributed by atoms with Gasteiger partial charge in [0.05, 0.1) is 13.2 Å². The lowest BCUT2D eigenvalue weighted by molar-refractivity contribution is -0.00834.